The van der Waals surface area contributed by atoms with Crippen molar-refractivity contribution < 1.29 is 19.5 Å². The summed E-state index contributed by atoms with van der Waals surface area (Å²) in [5.41, 5.74) is 0. The lowest BCUT2D eigenvalue weighted by atomic mass is 9.96. The molecule has 1 fully saturated rings. The molecule has 1 aliphatic rings. The zero-order valence-electron chi connectivity index (χ0n) is 14.0. The molecule has 0 aromatic rings. The van der Waals surface area contributed by atoms with Gasteiger partial charge in [-0.2, -0.15) is 0 Å². The van der Waals surface area contributed by atoms with E-state index in [0.29, 0.717) is 38.9 Å². The van der Waals surface area contributed by atoms with Crippen molar-refractivity contribution in [1.29, 1.82) is 0 Å². The third kappa shape index (κ3) is 7.85. The standard InChI is InChI=1S/C16H29N3O4/c1-2-3-4-9-17-15(22)13-7-11-19(12-8-13)16(23)18-10-5-6-14(20)21/h13H,2-12H2,1H3,(H,17,22)(H,18,23)(H,20,21). The fourth-order valence-corrected chi connectivity index (χ4v) is 2.62. The number of nitrogens with zero attached hydrogens (tertiary/aromatic N) is 1. The minimum atomic E-state index is -0.856. The molecular formula is C16H29N3O4. The first-order valence-electron chi connectivity index (χ1n) is 8.56. The van der Waals surface area contributed by atoms with Crippen LogP contribution in [0, 0.1) is 5.92 Å². The van der Waals surface area contributed by atoms with E-state index in [2.05, 4.69) is 17.6 Å². The molecule has 23 heavy (non-hydrogen) atoms. The Kier molecular flexibility index (Phi) is 9.09. The Labute approximate surface area is 137 Å². The number of likely N-dealkylation sites (tertiary alicyclic amines) is 1. The minimum Gasteiger partial charge on any atom is -0.481 e. The number of amides is 3. The lowest BCUT2D eigenvalue weighted by molar-refractivity contribution is -0.137. The SMILES string of the molecule is CCCCCNC(=O)C1CCN(C(=O)NCCCC(=O)O)CC1. The summed E-state index contributed by atoms with van der Waals surface area (Å²) in [5.74, 6) is -0.764. The number of piperidine rings is 1. The van der Waals surface area contributed by atoms with Gasteiger partial charge in [0.15, 0.2) is 0 Å². The van der Waals surface area contributed by atoms with Gasteiger partial charge in [0.2, 0.25) is 5.91 Å². The Morgan fingerprint density at radius 3 is 2.30 bits per heavy atom. The summed E-state index contributed by atoms with van der Waals surface area (Å²) in [5, 5.41) is 14.2. The van der Waals surface area contributed by atoms with Crippen LogP contribution < -0.4 is 10.6 Å². The van der Waals surface area contributed by atoms with Crippen LogP contribution in [0.3, 0.4) is 0 Å². The lowest BCUT2D eigenvalue weighted by Gasteiger charge is -2.31. The summed E-state index contributed by atoms with van der Waals surface area (Å²) in [6.07, 6.45) is 5.12. The molecule has 1 saturated heterocycles. The number of hydrogen-bond donors (Lipinski definition) is 3. The average molecular weight is 327 g/mol. The summed E-state index contributed by atoms with van der Waals surface area (Å²) in [7, 11) is 0. The molecule has 0 aromatic heterocycles. The predicted molar refractivity (Wildman–Crippen MR) is 87.1 cm³/mol. The van der Waals surface area contributed by atoms with Gasteiger partial charge in [-0.1, -0.05) is 19.8 Å². The molecule has 1 heterocycles. The Morgan fingerprint density at radius 1 is 1.04 bits per heavy atom. The van der Waals surface area contributed by atoms with Gasteiger partial charge >= 0.3 is 12.0 Å². The second-order valence-electron chi connectivity index (χ2n) is 5.99. The molecule has 3 amide bonds. The first kappa shape index (κ1) is 19.3. The molecule has 0 bridgehead atoms. The van der Waals surface area contributed by atoms with Crippen LogP contribution in [0.1, 0.15) is 51.9 Å². The molecule has 0 radical (unpaired) electrons. The summed E-state index contributed by atoms with van der Waals surface area (Å²) in [4.78, 5) is 36.0. The monoisotopic (exact) mass is 327 g/mol. The number of unbranched alkanes of at least 4 members (excludes halogenated alkanes) is 2. The van der Waals surface area contributed by atoms with Crippen LogP contribution in [0.15, 0.2) is 0 Å². The first-order chi connectivity index (χ1) is 11.0. The van der Waals surface area contributed by atoms with Crippen molar-refractivity contribution in [3.05, 3.63) is 0 Å². The van der Waals surface area contributed by atoms with E-state index < -0.39 is 5.97 Å². The van der Waals surface area contributed by atoms with E-state index in [0.717, 1.165) is 25.8 Å². The Hall–Kier alpha value is -1.79. The second kappa shape index (κ2) is 10.9. The topological polar surface area (TPSA) is 98.7 Å². The van der Waals surface area contributed by atoms with Crippen molar-refractivity contribution in [2.75, 3.05) is 26.2 Å². The van der Waals surface area contributed by atoms with Gasteiger partial charge < -0.3 is 20.6 Å². The fraction of sp³-hybridized carbons (Fsp3) is 0.812. The van der Waals surface area contributed by atoms with E-state index in [-0.39, 0.29) is 24.3 Å². The van der Waals surface area contributed by atoms with Crippen molar-refractivity contribution in [3.8, 4) is 0 Å². The number of aliphatic carboxylic acids is 1. The number of carbonyl (C=O) groups is 3. The normalized spacial score (nSPS) is 15.3. The zero-order chi connectivity index (χ0) is 17.1. The molecule has 0 aliphatic carbocycles. The zero-order valence-corrected chi connectivity index (χ0v) is 14.0. The highest BCUT2D eigenvalue weighted by Crippen LogP contribution is 2.17. The largest absolute Gasteiger partial charge is 0.481 e. The highest BCUT2D eigenvalue weighted by Gasteiger charge is 2.26. The third-order valence-electron chi connectivity index (χ3n) is 4.08. The first-order valence-corrected chi connectivity index (χ1v) is 8.56. The smallest absolute Gasteiger partial charge is 0.317 e. The van der Waals surface area contributed by atoms with Crippen molar-refractivity contribution in [3.63, 3.8) is 0 Å². The molecule has 0 spiro atoms. The number of rotatable bonds is 9. The molecule has 0 unspecified atom stereocenters. The van der Waals surface area contributed by atoms with Gasteiger partial charge in [0, 0.05) is 38.5 Å². The van der Waals surface area contributed by atoms with Crippen LogP contribution in [0.4, 0.5) is 4.79 Å². The molecule has 1 aliphatic heterocycles. The number of carboxylic acids is 1. The lowest BCUT2D eigenvalue weighted by Crippen LogP contribution is -2.47. The molecule has 7 heteroatoms. The van der Waals surface area contributed by atoms with Crippen LogP contribution in [0.5, 0.6) is 0 Å². The minimum absolute atomic E-state index is 0.00677. The van der Waals surface area contributed by atoms with Crippen molar-refractivity contribution in [2.45, 2.75) is 51.9 Å². The van der Waals surface area contributed by atoms with Crippen LogP contribution in [-0.2, 0) is 9.59 Å². The fourth-order valence-electron chi connectivity index (χ4n) is 2.62. The molecule has 3 N–H and O–H groups in total. The predicted octanol–water partition coefficient (Wildman–Crippen LogP) is 1.58. The van der Waals surface area contributed by atoms with E-state index in [1.807, 2.05) is 0 Å². The van der Waals surface area contributed by atoms with Gasteiger partial charge in [-0.25, -0.2) is 4.79 Å². The molecule has 0 aromatic carbocycles. The quantitative estimate of drug-likeness (QED) is 0.560. The number of urea groups is 1. The highest BCUT2D eigenvalue weighted by molar-refractivity contribution is 5.79. The summed E-state index contributed by atoms with van der Waals surface area (Å²) in [6.45, 7) is 4.36. The van der Waals surface area contributed by atoms with Gasteiger partial charge in [0.1, 0.15) is 0 Å². The van der Waals surface area contributed by atoms with E-state index >= 15 is 0 Å². The maximum Gasteiger partial charge on any atom is 0.317 e. The highest BCUT2D eigenvalue weighted by atomic mass is 16.4. The molecule has 0 atom stereocenters. The van der Waals surface area contributed by atoms with E-state index in [1.165, 1.54) is 0 Å². The van der Waals surface area contributed by atoms with Gasteiger partial charge in [-0.3, -0.25) is 9.59 Å². The molecule has 0 saturated carbocycles. The van der Waals surface area contributed by atoms with Gasteiger partial charge in [-0.15, -0.1) is 0 Å². The van der Waals surface area contributed by atoms with E-state index in [1.54, 1.807) is 4.90 Å². The van der Waals surface area contributed by atoms with Crippen molar-refractivity contribution in [1.82, 2.24) is 15.5 Å². The maximum absolute atomic E-state index is 12.0. The Balaban J connectivity index is 2.17. The summed E-state index contributed by atoms with van der Waals surface area (Å²) >= 11 is 0. The van der Waals surface area contributed by atoms with E-state index in [9.17, 15) is 14.4 Å². The second-order valence-corrected chi connectivity index (χ2v) is 5.99. The molecule has 7 nitrogen and oxygen atoms in total. The number of nitrogens with one attached hydrogen (secondary N) is 2. The van der Waals surface area contributed by atoms with Crippen molar-refractivity contribution in [2.24, 2.45) is 5.92 Å². The third-order valence-corrected chi connectivity index (χ3v) is 4.08. The number of carboxylic acid groups (broad SMARTS) is 1. The molecule has 1 rings (SSSR count). The van der Waals surface area contributed by atoms with Crippen LogP contribution in [0.2, 0.25) is 0 Å². The van der Waals surface area contributed by atoms with Gasteiger partial charge in [0.05, 0.1) is 0 Å². The Bertz CT molecular complexity index is 393. The maximum atomic E-state index is 12.0. The van der Waals surface area contributed by atoms with E-state index in [4.69, 9.17) is 5.11 Å². The van der Waals surface area contributed by atoms with Gasteiger partial charge in [0.25, 0.3) is 0 Å². The molecular weight excluding hydrogens is 298 g/mol. The summed E-state index contributed by atoms with van der Waals surface area (Å²) in [6, 6.07) is -0.169. The Morgan fingerprint density at radius 2 is 1.70 bits per heavy atom. The number of hydrogen-bond acceptors (Lipinski definition) is 3. The van der Waals surface area contributed by atoms with Crippen LogP contribution in [-0.4, -0.2) is 54.1 Å². The summed E-state index contributed by atoms with van der Waals surface area (Å²) < 4.78 is 0. The van der Waals surface area contributed by atoms with Crippen LogP contribution >= 0.6 is 0 Å². The van der Waals surface area contributed by atoms with Crippen molar-refractivity contribution >= 4 is 17.9 Å². The number of carbonyl (C=O) groups excluding carboxylic acids is 2. The average Bonchev–Trinajstić information content (AvgIpc) is 2.55. The van der Waals surface area contributed by atoms with Gasteiger partial charge in [-0.05, 0) is 25.7 Å². The molecule has 132 valence electrons. The van der Waals surface area contributed by atoms with Crippen LogP contribution in [0.25, 0.3) is 0 Å².